The van der Waals surface area contributed by atoms with Crippen molar-refractivity contribution in [1.29, 1.82) is 5.26 Å². The average Bonchev–Trinajstić information content (AvgIpc) is 3.12. The summed E-state index contributed by atoms with van der Waals surface area (Å²) >= 11 is 1.08. The lowest BCUT2D eigenvalue weighted by Crippen LogP contribution is -2.15. The van der Waals surface area contributed by atoms with Crippen molar-refractivity contribution in [2.24, 2.45) is 0 Å². The second-order valence-electron chi connectivity index (χ2n) is 8.06. The molecule has 3 heterocycles. The van der Waals surface area contributed by atoms with Gasteiger partial charge in [0.15, 0.2) is 0 Å². The summed E-state index contributed by atoms with van der Waals surface area (Å²) in [4.78, 5) is 26.1. The van der Waals surface area contributed by atoms with Crippen LogP contribution in [0.5, 0.6) is 0 Å². The Bertz CT molecular complexity index is 1620. The molecule has 5 N–H and O–H groups in total. The fourth-order valence-electron chi connectivity index (χ4n) is 3.66. The molecule has 0 aliphatic heterocycles. The molecule has 0 saturated heterocycles. The van der Waals surface area contributed by atoms with Gasteiger partial charge in [-0.1, -0.05) is 13.8 Å². The van der Waals surface area contributed by atoms with Crippen LogP contribution in [0.15, 0.2) is 41.4 Å². The molecular weight excluding hydrogens is 486 g/mol. The number of benzene rings is 1. The normalized spacial score (nSPS) is 11.5. The molecule has 0 aliphatic rings. The van der Waals surface area contributed by atoms with E-state index < -0.39 is 15.8 Å². The van der Waals surface area contributed by atoms with Crippen LogP contribution in [0.1, 0.15) is 51.8 Å². The van der Waals surface area contributed by atoms with E-state index in [0.717, 1.165) is 11.3 Å². The van der Waals surface area contributed by atoms with E-state index >= 15 is 0 Å². The number of anilines is 3. The zero-order valence-electron chi connectivity index (χ0n) is 19.0. The van der Waals surface area contributed by atoms with E-state index in [-0.39, 0.29) is 44.3 Å². The van der Waals surface area contributed by atoms with Crippen molar-refractivity contribution >= 4 is 54.8 Å². The van der Waals surface area contributed by atoms with Crippen LogP contribution in [0.4, 0.5) is 17.5 Å². The van der Waals surface area contributed by atoms with Gasteiger partial charge in [-0.15, -0.1) is 11.3 Å². The second-order valence-corrected chi connectivity index (χ2v) is 10.7. The predicted octanol–water partition coefficient (Wildman–Crippen LogP) is 3.59. The van der Waals surface area contributed by atoms with Gasteiger partial charge >= 0.3 is 0 Å². The Balaban J connectivity index is 1.70. The first kappa shape index (κ1) is 24.1. The maximum atomic E-state index is 13.3. The van der Waals surface area contributed by atoms with Crippen molar-refractivity contribution in [1.82, 2.24) is 15.0 Å². The van der Waals surface area contributed by atoms with Gasteiger partial charge in [-0.3, -0.25) is 4.79 Å². The highest BCUT2D eigenvalue weighted by atomic mass is 32.2. The minimum Gasteiger partial charge on any atom is -0.397 e. The van der Waals surface area contributed by atoms with Gasteiger partial charge in [0.1, 0.15) is 21.6 Å². The lowest BCUT2D eigenvalue weighted by atomic mass is 9.94. The molecule has 1 aromatic carbocycles. The molecule has 35 heavy (non-hydrogen) atoms. The number of pyridine rings is 1. The van der Waals surface area contributed by atoms with E-state index in [1.807, 2.05) is 13.8 Å². The molecular formula is C23H21N7O3S2. The second kappa shape index (κ2) is 8.94. The lowest BCUT2D eigenvalue weighted by molar-refractivity contribution is 0.104. The number of aromatic nitrogens is 3. The van der Waals surface area contributed by atoms with Crippen molar-refractivity contribution < 1.29 is 13.2 Å². The van der Waals surface area contributed by atoms with E-state index in [9.17, 15) is 18.5 Å². The number of carbonyl (C=O) groups is 1. The lowest BCUT2D eigenvalue weighted by Gasteiger charge is -2.12. The summed E-state index contributed by atoms with van der Waals surface area (Å²) in [7, 11) is -3.96. The van der Waals surface area contributed by atoms with Gasteiger partial charge in [0, 0.05) is 22.8 Å². The van der Waals surface area contributed by atoms with Gasteiger partial charge in [0.25, 0.3) is 10.0 Å². The number of nitrogens with two attached hydrogens (primary N) is 2. The number of ketones is 1. The molecule has 0 atom stereocenters. The minimum atomic E-state index is -3.96. The number of hydrogen-bond donors (Lipinski definition) is 3. The van der Waals surface area contributed by atoms with Gasteiger partial charge in [0.2, 0.25) is 11.7 Å². The molecule has 3 aromatic heterocycles. The number of thiophene rings is 1. The highest BCUT2D eigenvalue weighted by Crippen LogP contribution is 2.41. The van der Waals surface area contributed by atoms with Crippen LogP contribution in [0.2, 0.25) is 0 Å². The topological polar surface area (TPSA) is 178 Å². The van der Waals surface area contributed by atoms with Gasteiger partial charge in [-0.2, -0.15) is 5.26 Å². The summed E-state index contributed by atoms with van der Waals surface area (Å²) in [5.41, 5.74) is 14.3. The summed E-state index contributed by atoms with van der Waals surface area (Å²) in [5.74, 6) is -0.431. The van der Waals surface area contributed by atoms with E-state index in [2.05, 4.69) is 25.7 Å². The van der Waals surface area contributed by atoms with E-state index in [4.69, 9.17) is 11.5 Å². The van der Waals surface area contributed by atoms with E-state index in [1.165, 1.54) is 30.5 Å². The Morgan fingerprint density at radius 2 is 1.83 bits per heavy atom. The molecule has 4 rings (SSSR count). The highest BCUT2D eigenvalue weighted by Gasteiger charge is 2.25. The maximum absolute atomic E-state index is 13.3. The van der Waals surface area contributed by atoms with Gasteiger partial charge < -0.3 is 11.5 Å². The number of aryl methyl sites for hydroxylation is 1. The summed E-state index contributed by atoms with van der Waals surface area (Å²) in [6.45, 7) is 5.53. The number of hydrogen-bond acceptors (Lipinski definition) is 10. The number of sulfonamides is 1. The summed E-state index contributed by atoms with van der Waals surface area (Å²) < 4.78 is 27.7. The Hall–Kier alpha value is -4.08. The van der Waals surface area contributed by atoms with Crippen LogP contribution in [-0.4, -0.2) is 29.2 Å². The first-order valence-electron chi connectivity index (χ1n) is 10.4. The van der Waals surface area contributed by atoms with Crippen molar-refractivity contribution in [3.63, 3.8) is 0 Å². The van der Waals surface area contributed by atoms with Gasteiger partial charge in [-0.05, 0) is 48.7 Å². The fraction of sp³-hybridized carbons (Fsp3) is 0.174. The van der Waals surface area contributed by atoms with Crippen LogP contribution in [0, 0.1) is 18.3 Å². The molecule has 0 saturated carbocycles. The number of nitrogens with zero attached hydrogens (tertiary/aromatic N) is 4. The maximum Gasteiger partial charge on any atom is 0.264 e. The quantitative estimate of drug-likeness (QED) is 0.329. The molecule has 0 unspecified atom stereocenters. The van der Waals surface area contributed by atoms with Gasteiger partial charge in [-0.25, -0.2) is 28.1 Å². The van der Waals surface area contributed by atoms with Gasteiger partial charge in [0.05, 0.1) is 16.1 Å². The third-order valence-corrected chi connectivity index (χ3v) is 7.73. The number of nitriles is 1. The molecule has 0 radical (unpaired) electrons. The first-order chi connectivity index (χ1) is 16.5. The van der Waals surface area contributed by atoms with E-state index in [1.54, 1.807) is 13.0 Å². The van der Waals surface area contributed by atoms with Crippen LogP contribution in [-0.2, 0) is 10.0 Å². The molecule has 12 heteroatoms. The monoisotopic (exact) mass is 507 g/mol. The van der Waals surface area contributed by atoms with Crippen LogP contribution in [0.3, 0.4) is 0 Å². The van der Waals surface area contributed by atoms with Crippen molar-refractivity contribution in [2.45, 2.75) is 31.6 Å². The zero-order chi connectivity index (χ0) is 25.5. The predicted molar refractivity (Wildman–Crippen MR) is 135 cm³/mol. The largest absolute Gasteiger partial charge is 0.397 e. The summed E-state index contributed by atoms with van der Waals surface area (Å²) in [6.07, 6.45) is 1.45. The number of carbonyl (C=O) groups excluding carboxylic acids is 1. The molecule has 0 bridgehead atoms. The highest BCUT2D eigenvalue weighted by molar-refractivity contribution is 7.92. The summed E-state index contributed by atoms with van der Waals surface area (Å²) in [6, 6.07) is 9.17. The van der Waals surface area contributed by atoms with Crippen molar-refractivity contribution in [2.75, 3.05) is 16.2 Å². The first-order valence-corrected chi connectivity index (χ1v) is 12.7. The van der Waals surface area contributed by atoms with Crippen molar-refractivity contribution in [3.8, 4) is 6.07 Å². The average molecular weight is 508 g/mol. The molecule has 178 valence electrons. The summed E-state index contributed by atoms with van der Waals surface area (Å²) in [5, 5.41) is 10.1. The Kier molecular flexibility index (Phi) is 6.14. The minimum absolute atomic E-state index is 0.0485. The van der Waals surface area contributed by atoms with Crippen LogP contribution < -0.4 is 16.2 Å². The Labute approximate surface area is 205 Å². The number of rotatable bonds is 6. The number of nitrogens with one attached hydrogen (secondary N) is 1. The third kappa shape index (κ3) is 4.39. The zero-order valence-corrected chi connectivity index (χ0v) is 20.7. The number of nitrogen functional groups attached to an aromatic ring is 2. The smallest absolute Gasteiger partial charge is 0.264 e. The fourth-order valence-corrected chi connectivity index (χ4v) is 5.69. The SMILES string of the molecule is Cc1ccnc(NS(=O)(=O)c2ccc(C(=O)c3sc4nc(N)c(C#N)c(C(C)C)c4c3N)cc2)n1. The molecule has 10 nitrogen and oxygen atoms in total. The van der Waals surface area contributed by atoms with Crippen LogP contribution >= 0.6 is 11.3 Å². The number of fused-ring (bicyclic) bond motifs is 1. The molecule has 0 aliphatic carbocycles. The Morgan fingerprint density at radius 3 is 2.43 bits per heavy atom. The third-order valence-electron chi connectivity index (χ3n) is 5.29. The van der Waals surface area contributed by atoms with Crippen LogP contribution in [0.25, 0.3) is 10.2 Å². The standard InChI is InChI=1S/C23H21N7O3S2/c1-11(2)16-15(10-24)21(26)29-22-17(16)18(25)20(34-22)19(31)13-4-6-14(7-5-13)35(32,33)30-23-27-9-8-12(3)28-23/h4-9,11H,25H2,1-3H3,(H2,26,29)(H,27,28,30). The molecule has 4 aromatic rings. The van der Waals surface area contributed by atoms with E-state index in [0.29, 0.717) is 21.5 Å². The Morgan fingerprint density at radius 1 is 1.14 bits per heavy atom. The molecule has 0 spiro atoms. The molecule has 0 amide bonds. The van der Waals surface area contributed by atoms with Crippen molar-refractivity contribution in [3.05, 3.63) is 63.8 Å². The molecule has 0 fully saturated rings.